The fourth-order valence-electron chi connectivity index (χ4n) is 1.19. The van der Waals surface area contributed by atoms with Crippen LogP contribution in [-0.4, -0.2) is 18.5 Å². The Balaban J connectivity index is 2.30. The lowest BCUT2D eigenvalue weighted by Gasteiger charge is -2.06. The molecule has 19 heavy (non-hydrogen) atoms. The Labute approximate surface area is 112 Å². The maximum Gasteiger partial charge on any atom is 0.355 e. The average molecular weight is 263 g/mol. The number of carbonyl (C=O) groups is 2. The van der Waals surface area contributed by atoms with Crippen molar-refractivity contribution in [2.24, 2.45) is 0 Å². The topological polar surface area (TPSA) is 64.6 Å². The molecule has 1 N–H and O–H groups in total. The summed E-state index contributed by atoms with van der Waals surface area (Å²) >= 11 is 0. The molecule has 1 aromatic carbocycles. The van der Waals surface area contributed by atoms with Crippen LogP contribution in [0.1, 0.15) is 19.4 Å². The van der Waals surface area contributed by atoms with Crippen molar-refractivity contribution >= 4 is 11.9 Å². The Morgan fingerprint density at radius 1 is 1.21 bits per heavy atom. The SMILES string of the molecule is CC(C)=CC(=O)ONC(=O)COc1ccc(C)cc1. The lowest BCUT2D eigenvalue weighted by atomic mass is 10.2. The van der Waals surface area contributed by atoms with Crippen molar-refractivity contribution in [1.29, 1.82) is 0 Å². The highest BCUT2D eigenvalue weighted by Crippen LogP contribution is 2.10. The number of nitrogens with one attached hydrogen (secondary N) is 1. The third-order valence-corrected chi connectivity index (χ3v) is 2.06. The zero-order chi connectivity index (χ0) is 14.3. The molecule has 0 aliphatic rings. The predicted molar refractivity (Wildman–Crippen MR) is 70.3 cm³/mol. The molecule has 0 saturated carbocycles. The molecule has 102 valence electrons. The van der Waals surface area contributed by atoms with Gasteiger partial charge in [-0.1, -0.05) is 23.3 Å². The molecule has 0 unspecified atom stereocenters. The molecule has 0 heterocycles. The summed E-state index contributed by atoms with van der Waals surface area (Å²) in [6.07, 6.45) is 1.28. The summed E-state index contributed by atoms with van der Waals surface area (Å²) in [7, 11) is 0. The molecule has 0 aliphatic carbocycles. The van der Waals surface area contributed by atoms with E-state index in [9.17, 15) is 9.59 Å². The highest BCUT2D eigenvalue weighted by atomic mass is 16.7. The Morgan fingerprint density at radius 2 is 1.84 bits per heavy atom. The summed E-state index contributed by atoms with van der Waals surface area (Å²) in [6, 6.07) is 7.28. The van der Waals surface area contributed by atoms with Gasteiger partial charge in [-0.3, -0.25) is 4.79 Å². The molecule has 0 aromatic heterocycles. The van der Waals surface area contributed by atoms with Gasteiger partial charge in [-0.25, -0.2) is 4.79 Å². The smallest absolute Gasteiger partial charge is 0.355 e. The molecule has 5 heteroatoms. The maximum absolute atomic E-state index is 11.3. The Kier molecular flexibility index (Phi) is 5.60. The Morgan fingerprint density at radius 3 is 2.42 bits per heavy atom. The molecule has 1 rings (SSSR count). The number of carbonyl (C=O) groups excluding carboxylic acids is 2. The number of ether oxygens (including phenoxy) is 1. The summed E-state index contributed by atoms with van der Waals surface area (Å²) in [5, 5.41) is 0. The van der Waals surface area contributed by atoms with Gasteiger partial charge in [0, 0.05) is 6.08 Å². The molecule has 0 radical (unpaired) electrons. The number of benzene rings is 1. The van der Waals surface area contributed by atoms with Crippen LogP contribution in [0.5, 0.6) is 5.75 Å². The maximum atomic E-state index is 11.3. The number of aryl methyl sites for hydroxylation is 1. The minimum Gasteiger partial charge on any atom is -0.484 e. The zero-order valence-corrected chi connectivity index (χ0v) is 11.2. The molecule has 0 fully saturated rings. The van der Waals surface area contributed by atoms with Crippen molar-refractivity contribution in [2.45, 2.75) is 20.8 Å². The molecule has 0 aliphatic heterocycles. The van der Waals surface area contributed by atoms with Crippen LogP contribution < -0.4 is 10.2 Å². The Hall–Kier alpha value is -2.30. The number of allylic oxidation sites excluding steroid dienone is 1. The third kappa shape index (κ3) is 6.26. The minimum atomic E-state index is -0.622. The van der Waals surface area contributed by atoms with Gasteiger partial charge in [-0.15, -0.1) is 0 Å². The number of amides is 1. The van der Waals surface area contributed by atoms with E-state index < -0.39 is 11.9 Å². The van der Waals surface area contributed by atoms with Crippen LogP contribution in [-0.2, 0) is 14.4 Å². The van der Waals surface area contributed by atoms with E-state index in [0.29, 0.717) is 5.75 Å². The van der Waals surface area contributed by atoms with Crippen molar-refractivity contribution in [3.63, 3.8) is 0 Å². The van der Waals surface area contributed by atoms with Crippen LogP contribution in [0, 0.1) is 6.92 Å². The van der Waals surface area contributed by atoms with E-state index in [1.54, 1.807) is 26.0 Å². The van der Waals surface area contributed by atoms with Gasteiger partial charge in [0.1, 0.15) is 5.75 Å². The lowest BCUT2D eigenvalue weighted by molar-refractivity contribution is -0.154. The van der Waals surface area contributed by atoms with Crippen LogP contribution in [0.4, 0.5) is 0 Å². The van der Waals surface area contributed by atoms with E-state index in [4.69, 9.17) is 4.74 Å². The lowest BCUT2D eigenvalue weighted by Crippen LogP contribution is -2.30. The first kappa shape index (κ1) is 14.8. The summed E-state index contributed by atoms with van der Waals surface area (Å²) in [5.41, 5.74) is 3.90. The number of rotatable bonds is 4. The van der Waals surface area contributed by atoms with Gasteiger partial charge < -0.3 is 9.57 Å². The van der Waals surface area contributed by atoms with E-state index in [0.717, 1.165) is 11.1 Å². The van der Waals surface area contributed by atoms with Crippen molar-refractivity contribution in [1.82, 2.24) is 5.48 Å². The van der Waals surface area contributed by atoms with Crippen LogP contribution in [0.15, 0.2) is 35.9 Å². The van der Waals surface area contributed by atoms with E-state index in [1.165, 1.54) is 6.08 Å². The predicted octanol–water partition coefficient (Wildman–Crippen LogP) is 1.91. The quantitative estimate of drug-likeness (QED) is 0.665. The van der Waals surface area contributed by atoms with E-state index in [1.807, 2.05) is 24.5 Å². The van der Waals surface area contributed by atoms with Gasteiger partial charge in [-0.2, -0.15) is 5.48 Å². The van der Waals surface area contributed by atoms with Gasteiger partial charge >= 0.3 is 5.97 Å². The first-order valence-corrected chi connectivity index (χ1v) is 5.81. The molecule has 0 bridgehead atoms. The van der Waals surface area contributed by atoms with Crippen molar-refractivity contribution < 1.29 is 19.2 Å². The molecule has 1 amide bonds. The number of hydrogen-bond acceptors (Lipinski definition) is 4. The molecule has 1 aromatic rings. The van der Waals surface area contributed by atoms with Crippen LogP contribution in [0.25, 0.3) is 0 Å². The molecule has 0 spiro atoms. The highest BCUT2D eigenvalue weighted by molar-refractivity contribution is 5.84. The summed E-state index contributed by atoms with van der Waals surface area (Å²) in [5.74, 6) is -0.573. The summed E-state index contributed by atoms with van der Waals surface area (Å²) < 4.78 is 5.22. The second-order valence-corrected chi connectivity index (χ2v) is 4.27. The van der Waals surface area contributed by atoms with Crippen molar-refractivity contribution in [3.8, 4) is 5.75 Å². The first-order valence-electron chi connectivity index (χ1n) is 5.81. The van der Waals surface area contributed by atoms with E-state index >= 15 is 0 Å². The average Bonchev–Trinajstić information content (AvgIpc) is 2.35. The number of hydrogen-bond donors (Lipinski definition) is 1. The normalized spacial score (nSPS) is 9.42. The van der Waals surface area contributed by atoms with E-state index in [2.05, 4.69) is 4.84 Å². The van der Waals surface area contributed by atoms with Crippen molar-refractivity contribution in [2.75, 3.05) is 6.61 Å². The fraction of sp³-hybridized carbons (Fsp3) is 0.286. The largest absolute Gasteiger partial charge is 0.484 e. The molecule has 5 nitrogen and oxygen atoms in total. The minimum absolute atomic E-state index is 0.217. The first-order chi connectivity index (χ1) is 8.97. The molecule has 0 atom stereocenters. The number of hydroxylamine groups is 1. The second-order valence-electron chi connectivity index (χ2n) is 4.27. The molecular weight excluding hydrogens is 246 g/mol. The van der Waals surface area contributed by atoms with Crippen LogP contribution in [0.3, 0.4) is 0 Å². The third-order valence-electron chi connectivity index (χ3n) is 2.06. The zero-order valence-electron chi connectivity index (χ0n) is 11.2. The van der Waals surface area contributed by atoms with Gasteiger partial charge in [0.2, 0.25) is 0 Å². The standard InChI is InChI=1S/C14H17NO4/c1-10(2)8-14(17)19-15-13(16)9-18-12-6-4-11(3)5-7-12/h4-8H,9H2,1-3H3,(H,15,16). The Bertz CT molecular complexity index is 473. The van der Waals surface area contributed by atoms with Gasteiger partial charge in [-0.05, 0) is 32.9 Å². The van der Waals surface area contributed by atoms with E-state index in [-0.39, 0.29) is 6.61 Å². The second kappa shape index (κ2) is 7.20. The van der Waals surface area contributed by atoms with Gasteiger partial charge in [0.05, 0.1) is 0 Å². The van der Waals surface area contributed by atoms with Crippen molar-refractivity contribution in [3.05, 3.63) is 41.5 Å². The summed E-state index contributed by atoms with van der Waals surface area (Å²) in [4.78, 5) is 27.0. The van der Waals surface area contributed by atoms with Gasteiger partial charge in [0.25, 0.3) is 5.91 Å². The fourth-order valence-corrected chi connectivity index (χ4v) is 1.19. The van der Waals surface area contributed by atoms with Gasteiger partial charge in [0.15, 0.2) is 6.61 Å². The highest BCUT2D eigenvalue weighted by Gasteiger charge is 2.05. The van der Waals surface area contributed by atoms with Crippen LogP contribution >= 0.6 is 0 Å². The monoisotopic (exact) mass is 263 g/mol. The summed E-state index contributed by atoms with van der Waals surface area (Å²) in [6.45, 7) is 5.25. The molecular formula is C14H17NO4. The van der Waals surface area contributed by atoms with Crippen LogP contribution in [0.2, 0.25) is 0 Å². The molecule has 0 saturated heterocycles.